The summed E-state index contributed by atoms with van der Waals surface area (Å²) >= 11 is 0. The van der Waals surface area contributed by atoms with E-state index in [0.29, 0.717) is 29.6 Å². The summed E-state index contributed by atoms with van der Waals surface area (Å²) < 4.78 is 13.1. The Kier molecular flexibility index (Phi) is 5.67. The van der Waals surface area contributed by atoms with Crippen LogP contribution in [-0.2, 0) is 4.79 Å². The number of aromatic nitrogens is 2. The molecule has 0 radical (unpaired) electrons. The van der Waals surface area contributed by atoms with Gasteiger partial charge in [0.2, 0.25) is 5.95 Å². The number of allylic oxidation sites excluding steroid dienone is 1. The lowest BCUT2D eigenvalue weighted by molar-refractivity contribution is -0.113. The van der Waals surface area contributed by atoms with Crippen LogP contribution in [0.3, 0.4) is 0 Å². The SMILES string of the molecule is CCOc1ccc([C@@H]2C(C(=O)Nc3ccccc3OC)=C(C)Nc3nc4ccccc4n32)cc1. The Hall–Kier alpha value is -4.26. The van der Waals surface area contributed by atoms with Gasteiger partial charge in [0.1, 0.15) is 11.5 Å². The van der Waals surface area contributed by atoms with E-state index in [1.807, 2.05) is 86.6 Å². The van der Waals surface area contributed by atoms with E-state index < -0.39 is 0 Å². The van der Waals surface area contributed by atoms with E-state index in [4.69, 9.17) is 14.5 Å². The van der Waals surface area contributed by atoms with Crippen molar-refractivity contribution in [2.24, 2.45) is 0 Å². The highest BCUT2D eigenvalue weighted by atomic mass is 16.5. The molecule has 172 valence electrons. The Morgan fingerprint density at radius 3 is 2.56 bits per heavy atom. The van der Waals surface area contributed by atoms with Crippen LogP contribution in [0.4, 0.5) is 11.6 Å². The fourth-order valence-electron chi connectivity index (χ4n) is 4.42. The summed E-state index contributed by atoms with van der Waals surface area (Å²) in [7, 11) is 1.59. The molecule has 1 aromatic heterocycles. The van der Waals surface area contributed by atoms with E-state index in [1.165, 1.54) is 0 Å². The van der Waals surface area contributed by atoms with Gasteiger partial charge in [-0.05, 0) is 55.8 Å². The minimum Gasteiger partial charge on any atom is -0.495 e. The summed E-state index contributed by atoms with van der Waals surface area (Å²) in [5, 5.41) is 6.38. The molecule has 0 saturated carbocycles. The predicted octanol–water partition coefficient (Wildman–Crippen LogP) is 5.37. The van der Waals surface area contributed by atoms with Crippen molar-refractivity contribution in [1.29, 1.82) is 0 Å². The van der Waals surface area contributed by atoms with Crippen LogP contribution in [0, 0.1) is 0 Å². The lowest BCUT2D eigenvalue weighted by Gasteiger charge is -2.31. The maximum atomic E-state index is 13.7. The van der Waals surface area contributed by atoms with Crippen LogP contribution >= 0.6 is 0 Å². The zero-order valence-corrected chi connectivity index (χ0v) is 19.3. The van der Waals surface area contributed by atoms with Gasteiger partial charge in [0, 0.05) is 5.70 Å². The number of hydrogen-bond donors (Lipinski definition) is 2. The molecule has 2 N–H and O–H groups in total. The smallest absolute Gasteiger partial charge is 0.255 e. The molecule has 0 bridgehead atoms. The maximum Gasteiger partial charge on any atom is 0.255 e. The van der Waals surface area contributed by atoms with E-state index in [1.54, 1.807) is 7.11 Å². The van der Waals surface area contributed by atoms with Gasteiger partial charge in [-0.3, -0.25) is 9.36 Å². The molecular weight excluding hydrogens is 428 g/mol. The number of para-hydroxylation sites is 4. The van der Waals surface area contributed by atoms with Gasteiger partial charge in [-0.2, -0.15) is 0 Å². The van der Waals surface area contributed by atoms with Crippen molar-refractivity contribution in [2.45, 2.75) is 19.9 Å². The molecular formula is C27H26N4O3. The molecule has 0 unspecified atom stereocenters. The average molecular weight is 455 g/mol. The highest BCUT2D eigenvalue weighted by Crippen LogP contribution is 2.40. The molecule has 0 spiro atoms. The number of fused-ring (bicyclic) bond motifs is 3. The predicted molar refractivity (Wildman–Crippen MR) is 133 cm³/mol. The van der Waals surface area contributed by atoms with Gasteiger partial charge in [0.05, 0.1) is 42.1 Å². The molecule has 0 saturated heterocycles. The minimum absolute atomic E-state index is 0.211. The van der Waals surface area contributed by atoms with Gasteiger partial charge in [-0.25, -0.2) is 4.98 Å². The van der Waals surface area contributed by atoms with Crippen LogP contribution in [-0.4, -0.2) is 29.2 Å². The van der Waals surface area contributed by atoms with Crippen molar-refractivity contribution < 1.29 is 14.3 Å². The van der Waals surface area contributed by atoms with Crippen LogP contribution in [0.5, 0.6) is 11.5 Å². The van der Waals surface area contributed by atoms with E-state index in [2.05, 4.69) is 15.2 Å². The summed E-state index contributed by atoms with van der Waals surface area (Å²) in [6, 6.07) is 22.8. The maximum absolute atomic E-state index is 13.7. The molecule has 1 amide bonds. The Bertz CT molecular complexity index is 1390. The highest BCUT2D eigenvalue weighted by Gasteiger charge is 2.34. The Morgan fingerprint density at radius 2 is 1.79 bits per heavy atom. The largest absolute Gasteiger partial charge is 0.495 e. The number of amides is 1. The van der Waals surface area contributed by atoms with Gasteiger partial charge in [0.25, 0.3) is 5.91 Å². The number of hydrogen-bond acceptors (Lipinski definition) is 5. The fraction of sp³-hybridized carbons (Fsp3) is 0.185. The van der Waals surface area contributed by atoms with Crippen LogP contribution in [0.1, 0.15) is 25.5 Å². The molecule has 3 aromatic carbocycles. The third-order valence-corrected chi connectivity index (χ3v) is 5.94. The van der Waals surface area contributed by atoms with Crippen molar-refractivity contribution in [3.8, 4) is 11.5 Å². The van der Waals surface area contributed by atoms with Gasteiger partial charge in [-0.1, -0.05) is 36.4 Å². The first-order valence-corrected chi connectivity index (χ1v) is 11.2. The van der Waals surface area contributed by atoms with E-state index >= 15 is 0 Å². The second-order valence-electron chi connectivity index (χ2n) is 8.02. The number of benzene rings is 3. The molecule has 4 aromatic rings. The second kappa shape index (κ2) is 8.94. The normalized spacial score (nSPS) is 15.0. The van der Waals surface area contributed by atoms with Crippen molar-refractivity contribution in [3.63, 3.8) is 0 Å². The van der Waals surface area contributed by atoms with E-state index in [9.17, 15) is 4.79 Å². The summed E-state index contributed by atoms with van der Waals surface area (Å²) in [5.41, 5.74) is 4.72. The van der Waals surface area contributed by atoms with Crippen LogP contribution in [0.25, 0.3) is 11.0 Å². The molecule has 7 heteroatoms. The van der Waals surface area contributed by atoms with E-state index in [0.717, 1.165) is 28.0 Å². The molecule has 1 atom stereocenters. The third kappa shape index (κ3) is 3.75. The van der Waals surface area contributed by atoms with E-state index in [-0.39, 0.29) is 11.9 Å². The minimum atomic E-state index is -0.381. The van der Waals surface area contributed by atoms with Crippen molar-refractivity contribution >= 4 is 28.6 Å². The van der Waals surface area contributed by atoms with Crippen LogP contribution in [0.2, 0.25) is 0 Å². The number of ether oxygens (including phenoxy) is 2. The Morgan fingerprint density at radius 1 is 1.06 bits per heavy atom. The lowest BCUT2D eigenvalue weighted by atomic mass is 9.94. The summed E-state index contributed by atoms with van der Waals surface area (Å²) in [6.45, 7) is 4.45. The van der Waals surface area contributed by atoms with Gasteiger partial charge >= 0.3 is 0 Å². The van der Waals surface area contributed by atoms with Crippen LogP contribution < -0.4 is 20.1 Å². The Balaban J connectivity index is 1.63. The van der Waals surface area contributed by atoms with Gasteiger partial charge in [0.15, 0.2) is 0 Å². The van der Waals surface area contributed by atoms with Crippen molar-refractivity contribution in [2.75, 3.05) is 24.4 Å². The number of rotatable bonds is 6. The fourth-order valence-corrected chi connectivity index (χ4v) is 4.42. The number of carbonyl (C=O) groups is 1. The summed E-state index contributed by atoms with van der Waals surface area (Å²) in [4.78, 5) is 18.5. The molecule has 1 aliphatic rings. The number of carbonyl (C=O) groups excluding carboxylic acids is 1. The first-order valence-electron chi connectivity index (χ1n) is 11.2. The lowest BCUT2D eigenvalue weighted by Crippen LogP contribution is -2.31. The number of imidazole rings is 1. The molecule has 0 fully saturated rings. The van der Waals surface area contributed by atoms with Crippen LogP contribution in [0.15, 0.2) is 84.1 Å². The Labute approximate surface area is 198 Å². The standard InChI is InChI=1S/C27H26N4O3/c1-4-34-19-15-13-18(14-16-19)25-24(26(32)29-21-10-6-8-12-23(21)33-3)17(2)28-27-30-20-9-5-7-11-22(20)31(25)27/h5-16,25H,4H2,1-3H3,(H,28,30)(H,29,32)/t25-/m1/s1. The molecule has 5 rings (SSSR count). The molecule has 1 aliphatic heterocycles. The number of anilines is 2. The monoisotopic (exact) mass is 454 g/mol. The molecule has 7 nitrogen and oxygen atoms in total. The van der Waals surface area contributed by atoms with Crippen molar-refractivity contribution in [3.05, 3.63) is 89.6 Å². The number of nitrogens with one attached hydrogen (secondary N) is 2. The van der Waals surface area contributed by atoms with Crippen molar-refractivity contribution in [1.82, 2.24) is 9.55 Å². The third-order valence-electron chi connectivity index (χ3n) is 5.94. The number of nitrogens with zero attached hydrogens (tertiary/aromatic N) is 2. The topological polar surface area (TPSA) is 77.4 Å². The summed E-state index contributed by atoms with van der Waals surface area (Å²) in [5.74, 6) is 1.88. The molecule has 34 heavy (non-hydrogen) atoms. The average Bonchev–Trinajstić information content (AvgIpc) is 3.22. The van der Waals surface area contributed by atoms with Gasteiger partial charge in [-0.15, -0.1) is 0 Å². The summed E-state index contributed by atoms with van der Waals surface area (Å²) in [6.07, 6.45) is 0. The quantitative estimate of drug-likeness (QED) is 0.410. The molecule has 0 aliphatic carbocycles. The van der Waals surface area contributed by atoms with Gasteiger partial charge < -0.3 is 20.1 Å². The zero-order valence-electron chi connectivity index (χ0n) is 19.3. The molecule has 2 heterocycles. The zero-order chi connectivity index (χ0) is 23.7. The first-order chi connectivity index (χ1) is 16.6. The first kappa shape index (κ1) is 21.6. The number of methoxy groups -OCH3 is 1. The highest BCUT2D eigenvalue weighted by molar-refractivity contribution is 6.07. The second-order valence-corrected chi connectivity index (χ2v) is 8.02.